The lowest BCUT2D eigenvalue weighted by molar-refractivity contribution is 0.0553. The zero-order valence-electron chi connectivity index (χ0n) is 16.7. The second-order valence-corrected chi connectivity index (χ2v) is 7.60. The number of carbonyl (C=O) groups is 3. The monoisotopic (exact) mass is 394 g/mol. The third-order valence-corrected chi connectivity index (χ3v) is 6.16. The molecule has 150 valence electrons. The minimum atomic E-state index is -0.610. The number of esters is 2. The highest BCUT2D eigenvalue weighted by molar-refractivity contribution is 6.07. The van der Waals surface area contributed by atoms with Gasteiger partial charge in [-0.05, 0) is 66.6 Å². The summed E-state index contributed by atoms with van der Waals surface area (Å²) >= 11 is 0. The number of fused-ring (bicyclic) bond motifs is 2. The second kappa shape index (κ2) is 7.03. The molecule has 0 saturated carbocycles. The van der Waals surface area contributed by atoms with Crippen molar-refractivity contribution in [3.63, 3.8) is 0 Å². The Hall–Kier alpha value is -3.15. The molecule has 0 radical (unpaired) electrons. The molecule has 0 N–H and O–H groups in total. The first kappa shape index (κ1) is 19.2. The van der Waals surface area contributed by atoms with Crippen LogP contribution in [-0.2, 0) is 28.7 Å². The molecule has 0 fully saturated rings. The smallest absolute Gasteiger partial charge is 0.339 e. The summed E-state index contributed by atoms with van der Waals surface area (Å²) in [6.45, 7) is 0. The summed E-state index contributed by atoms with van der Waals surface area (Å²) in [4.78, 5) is 38.2. The van der Waals surface area contributed by atoms with E-state index in [2.05, 4.69) is 0 Å². The Morgan fingerprint density at radius 3 is 2.38 bits per heavy atom. The minimum absolute atomic E-state index is 0.0769. The van der Waals surface area contributed by atoms with Gasteiger partial charge >= 0.3 is 11.9 Å². The lowest BCUT2D eigenvalue weighted by Crippen LogP contribution is -2.37. The second-order valence-electron chi connectivity index (χ2n) is 7.60. The Balaban J connectivity index is 1.78. The number of Topliss-reactive ketones (excluding diaryl/α,β-unsaturated/α-hetero) is 1. The van der Waals surface area contributed by atoms with Crippen LogP contribution >= 0.6 is 0 Å². The molecule has 6 nitrogen and oxygen atoms in total. The van der Waals surface area contributed by atoms with E-state index in [1.807, 2.05) is 18.2 Å². The maximum atomic E-state index is 13.5. The molecule has 2 aliphatic rings. The molecular weight excluding hydrogens is 372 g/mol. The van der Waals surface area contributed by atoms with Crippen molar-refractivity contribution in [1.82, 2.24) is 0 Å². The minimum Gasteiger partial charge on any atom is -0.497 e. The molecule has 2 aromatic carbocycles. The Morgan fingerprint density at radius 2 is 1.69 bits per heavy atom. The highest BCUT2D eigenvalue weighted by Crippen LogP contribution is 2.48. The van der Waals surface area contributed by atoms with Gasteiger partial charge in [0.1, 0.15) is 5.75 Å². The number of hydrogen-bond acceptors (Lipinski definition) is 6. The normalized spacial score (nSPS) is 19.5. The molecule has 0 aliphatic heterocycles. The van der Waals surface area contributed by atoms with Crippen molar-refractivity contribution in [3.8, 4) is 5.75 Å². The average molecular weight is 394 g/mol. The van der Waals surface area contributed by atoms with Gasteiger partial charge in [-0.1, -0.05) is 6.07 Å². The number of aryl methyl sites for hydroxylation is 1. The fourth-order valence-electron chi connectivity index (χ4n) is 4.68. The van der Waals surface area contributed by atoms with E-state index in [9.17, 15) is 14.4 Å². The Bertz CT molecular complexity index is 1040. The van der Waals surface area contributed by atoms with Crippen LogP contribution in [0.4, 0.5) is 0 Å². The zero-order chi connectivity index (χ0) is 20.8. The lowest BCUT2D eigenvalue weighted by atomic mass is 9.68. The summed E-state index contributed by atoms with van der Waals surface area (Å²) in [7, 11) is 4.16. The Morgan fingerprint density at radius 1 is 0.931 bits per heavy atom. The van der Waals surface area contributed by atoms with Gasteiger partial charge in [-0.15, -0.1) is 0 Å². The average Bonchev–Trinajstić information content (AvgIpc) is 3.13. The number of rotatable bonds is 3. The van der Waals surface area contributed by atoms with E-state index in [0.29, 0.717) is 30.4 Å². The van der Waals surface area contributed by atoms with Crippen LogP contribution in [-0.4, -0.2) is 39.1 Å². The summed E-state index contributed by atoms with van der Waals surface area (Å²) in [5, 5.41) is 0. The van der Waals surface area contributed by atoms with Gasteiger partial charge in [0, 0.05) is 11.0 Å². The van der Waals surface area contributed by atoms with Gasteiger partial charge in [0.25, 0.3) is 0 Å². The summed E-state index contributed by atoms with van der Waals surface area (Å²) in [6, 6.07) is 8.94. The zero-order valence-corrected chi connectivity index (χ0v) is 16.7. The van der Waals surface area contributed by atoms with Gasteiger partial charge in [0.2, 0.25) is 0 Å². The Labute approximate surface area is 168 Å². The summed E-state index contributed by atoms with van der Waals surface area (Å²) < 4.78 is 15.0. The molecular formula is C23H22O6. The van der Waals surface area contributed by atoms with Gasteiger partial charge in [0.15, 0.2) is 5.78 Å². The maximum Gasteiger partial charge on any atom is 0.339 e. The summed E-state index contributed by atoms with van der Waals surface area (Å²) in [5.74, 6) is -0.375. The first-order valence-electron chi connectivity index (χ1n) is 9.47. The van der Waals surface area contributed by atoms with E-state index < -0.39 is 17.4 Å². The molecule has 4 rings (SSSR count). The van der Waals surface area contributed by atoms with Crippen molar-refractivity contribution in [3.05, 3.63) is 63.7 Å². The highest BCUT2D eigenvalue weighted by Gasteiger charge is 2.48. The molecule has 0 heterocycles. The van der Waals surface area contributed by atoms with Gasteiger partial charge in [0.05, 0.1) is 32.5 Å². The first-order valence-corrected chi connectivity index (χ1v) is 9.47. The van der Waals surface area contributed by atoms with Crippen LogP contribution in [0.15, 0.2) is 30.3 Å². The maximum absolute atomic E-state index is 13.5. The van der Waals surface area contributed by atoms with Crippen LogP contribution < -0.4 is 4.74 Å². The number of hydrogen-bond donors (Lipinski definition) is 0. The molecule has 1 spiro atoms. The van der Waals surface area contributed by atoms with Crippen molar-refractivity contribution in [2.45, 2.75) is 25.7 Å². The molecule has 0 amide bonds. The van der Waals surface area contributed by atoms with E-state index in [1.54, 1.807) is 19.2 Å². The topological polar surface area (TPSA) is 78.9 Å². The number of carbonyl (C=O) groups excluding carboxylic acids is 3. The van der Waals surface area contributed by atoms with Crippen LogP contribution in [0.2, 0.25) is 0 Å². The number of ether oxygens (including phenoxy) is 3. The molecule has 0 saturated heterocycles. The van der Waals surface area contributed by atoms with Crippen LogP contribution in [0.25, 0.3) is 0 Å². The van der Waals surface area contributed by atoms with E-state index in [1.165, 1.54) is 14.2 Å². The molecule has 6 heteroatoms. The summed E-state index contributed by atoms with van der Waals surface area (Å²) in [6.07, 6.45) is 2.37. The fraction of sp³-hybridized carbons (Fsp3) is 0.348. The predicted octanol–water partition coefficient (Wildman–Crippen LogP) is 3.18. The molecule has 2 aromatic rings. The van der Waals surface area contributed by atoms with Crippen LogP contribution in [0.3, 0.4) is 0 Å². The van der Waals surface area contributed by atoms with Gasteiger partial charge in [-0.2, -0.15) is 0 Å². The van der Waals surface area contributed by atoms with Crippen molar-refractivity contribution in [2.75, 3.05) is 21.3 Å². The molecule has 0 bridgehead atoms. The predicted molar refractivity (Wildman–Crippen MR) is 105 cm³/mol. The van der Waals surface area contributed by atoms with E-state index in [-0.39, 0.29) is 16.9 Å². The van der Waals surface area contributed by atoms with Crippen molar-refractivity contribution in [1.29, 1.82) is 0 Å². The number of benzene rings is 2. The largest absolute Gasteiger partial charge is 0.497 e. The lowest BCUT2D eigenvalue weighted by Gasteiger charge is -2.33. The van der Waals surface area contributed by atoms with Crippen molar-refractivity contribution < 1.29 is 28.6 Å². The molecule has 1 atom stereocenters. The standard InChI is InChI=1S/C23H22O6/c1-27-15-5-7-16-13(10-15)8-9-23(20(16)24)11-14-4-6-17(21(25)28-2)19(18(14)12-23)22(26)29-3/h4-7,10H,8-9,11-12H2,1-3H3. The highest BCUT2D eigenvalue weighted by atomic mass is 16.5. The fourth-order valence-corrected chi connectivity index (χ4v) is 4.68. The first-order chi connectivity index (χ1) is 13.9. The molecule has 2 aliphatic carbocycles. The third kappa shape index (κ3) is 2.90. The van der Waals surface area contributed by atoms with Crippen LogP contribution in [0.5, 0.6) is 5.75 Å². The van der Waals surface area contributed by atoms with E-state index >= 15 is 0 Å². The van der Waals surface area contributed by atoms with Crippen LogP contribution in [0.1, 0.15) is 54.2 Å². The number of ketones is 1. The van der Waals surface area contributed by atoms with E-state index in [4.69, 9.17) is 14.2 Å². The summed E-state index contributed by atoms with van der Waals surface area (Å²) in [5.41, 5.74) is 3.08. The van der Waals surface area contributed by atoms with Crippen molar-refractivity contribution in [2.24, 2.45) is 5.41 Å². The Kier molecular flexibility index (Phi) is 4.65. The quantitative estimate of drug-likeness (QED) is 0.744. The van der Waals surface area contributed by atoms with Gasteiger partial charge < -0.3 is 14.2 Å². The number of methoxy groups -OCH3 is 3. The molecule has 29 heavy (non-hydrogen) atoms. The van der Waals surface area contributed by atoms with E-state index in [0.717, 1.165) is 23.3 Å². The van der Waals surface area contributed by atoms with Gasteiger partial charge in [-0.25, -0.2) is 9.59 Å². The van der Waals surface area contributed by atoms with Gasteiger partial charge in [-0.3, -0.25) is 4.79 Å². The molecule has 1 unspecified atom stereocenters. The van der Waals surface area contributed by atoms with Crippen molar-refractivity contribution >= 4 is 17.7 Å². The van der Waals surface area contributed by atoms with Crippen LogP contribution in [0, 0.1) is 5.41 Å². The third-order valence-electron chi connectivity index (χ3n) is 6.16. The SMILES string of the molecule is COC(=O)c1ccc2c(c1C(=O)OC)CC1(CCc3cc(OC)ccc3C1=O)C2. The molecule has 0 aromatic heterocycles.